The fraction of sp³-hybridized carbons (Fsp3) is 0.304. The minimum absolute atomic E-state index is 0.186. The van der Waals surface area contributed by atoms with E-state index in [4.69, 9.17) is 0 Å². The van der Waals surface area contributed by atoms with Gasteiger partial charge in [-0.15, -0.1) is 0 Å². The van der Waals surface area contributed by atoms with Crippen LogP contribution in [0.3, 0.4) is 0 Å². The van der Waals surface area contributed by atoms with Gasteiger partial charge in [0.25, 0.3) is 0 Å². The molecule has 0 saturated carbocycles. The van der Waals surface area contributed by atoms with Crippen LogP contribution in [-0.2, 0) is 11.2 Å². The van der Waals surface area contributed by atoms with Crippen molar-refractivity contribution in [3.05, 3.63) is 84.2 Å². The van der Waals surface area contributed by atoms with E-state index >= 15 is 0 Å². The Morgan fingerprint density at radius 3 is 2.48 bits per heavy atom. The van der Waals surface area contributed by atoms with E-state index in [1.54, 1.807) is 6.20 Å². The summed E-state index contributed by atoms with van der Waals surface area (Å²) in [4.78, 5) is 15.2. The van der Waals surface area contributed by atoms with Crippen LogP contribution in [0.1, 0.15) is 42.9 Å². The summed E-state index contributed by atoms with van der Waals surface area (Å²) in [6.07, 6.45) is 8.66. The van der Waals surface area contributed by atoms with Crippen molar-refractivity contribution in [2.75, 3.05) is 6.54 Å². The van der Waals surface area contributed by atoms with Gasteiger partial charge in [0.1, 0.15) is 0 Å². The SMILES string of the molecule is O=C(Cc1cnn(-c2ccccc2)c1)N1CCCCCC1c1ccccc1. The molecule has 2 aromatic carbocycles. The number of hydrogen-bond donors (Lipinski definition) is 0. The molecule has 2 heterocycles. The van der Waals surface area contributed by atoms with Gasteiger partial charge in [-0.25, -0.2) is 4.68 Å². The fourth-order valence-electron chi connectivity index (χ4n) is 3.88. The summed E-state index contributed by atoms with van der Waals surface area (Å²) < 4.78 is 1.83. The van der Waals surface area contributed by atoms with Gasteiger partial charge in [-0.05, 0) is 36.1 Å². The third-order valence-electron chi connectivity index (χ3n) is 5.27. The van der Waals surface area contributed by atoms with Gasteiger partial charge in [-0.3, -0.25) is 4.79 Å². The van der Waals surface area contributed by atoms with Gasteiger partial charge in [0.05, 0.1) is 24.3 Å². The fourth-order valence-corrected chi connectivity index (χ4v) is 3.88. The van der Waals surface area contributed by atoms with Crippen molar-refractivity contribution in [2.45, 2.75) is 38.1 Å². The molecule has 4 nitrogen and oxygen atoms in total. The van der Waals surface area contributed by atoms with Gasteiger partial charge in [-0.1, -0.05) is 61.4 Å². The first kappa shape index (κ1) is 17.5. The van der Waals surface area contributed by atoms with E-state index in [2.05, 4.69) is 34.3 Å². The lowest BCUT2D eigenvalue weighted by Crippen LogP contribution is -2.35. The first-order valence-corrected chi connectivity index (χ1v) is 9.74. The van der Waals surface area contributed by atoms with Crippen LogP contribution in [0, 0.1) is 0 Å². The van der Waals surface area contributed by atoms with Crippen molar-refractivity contribution >= 4 is 5.91 Å². The zero-order valence-electron chi connectivity index (χ0n) is 15.5. The standard InChI is InChI=1S/C23H25N3O/c27-23(16-19-17-24-26(18-19)21-12-6-2-7-13-21)25-15-9-3-8-14-22(25)20-10-4-1-5-11-20/h1-2,4-7,10-13,17-18,22H,3,8-9,14-16H2. The number of rotatable bonds is 4. The zero-order chi connectivity index (χ0) is 18.5. The van der Waals surface area contributed by atoms with Crippen LogP contribution in [0.2, 0.25) is 0 Å². The molecule has 0 aliphatic carbocycles. The normalized spacial score (nSPS) is 17.5. The molecule has 1 saturated heterocycles. The number of aromatic nitrogens is 2. The van der Waals surface area contributed by atoms with Crippen molar-refractivity contribution in [1.29, 1.82) is 0 Å². The lowest BCUT2D eigenvalue weighted by Gasteiger charge is -2.30. The number of carbonyl (C=O) groups excluding carboxylic acids is 1. The zero-order valence-corrected chi connectivity index (χ0v) is 15.5. The van der Waals surface area contributed by atoms with E-state index < -0.39 is 0 Å². The second-order valence-electron chi connectivity index (χ2n) is 7.17. The first-order chi connectivity index (χ1) is 13.3. The minimum atomic E-state index is 0.186. The Morgan fingerprint density at radius 1 is 0.963 bits per heavy atom. The summed E-state index contributed by atoms with van der Waals surface area (Å²) in [5, 5.41) is 4.43. The Bertz CT molecular complexity index is 873. The molecule has 0 radical (unpaired) electrons. The van der Waals surface area contributed by atoms with Gasteiger partial charge >= 0.3 is 0 Å². The molecule has 1 aliphatic heterocycles. The molecular formula is C23H25N3O. The van der Waals surface area contributed by atoms with Crippen LogP contribution in [0.25, 0.3) is 5.69 Å². The highest BCUT2D eigenvalue weighted by molar-refractivity contribution is 5.79. The van der Waals surface area contributed by atoms with Gasteiger partial charge in [0, 0.05) is 12.7 Å². The number of nitrogens with zero attached hydrogens (tertiary/aromatic N) is 3. The summed E-state index contributed by atoms with van der Waals surface area (Å²) in [6, 6.07) is 20.6. The summed E-state index contributed by atoms with van der Waals surface area (Å²) in [5.41, 5.74) is 3.21. The summed E-state index contributed by atoms with van der Waals surface area (Å²) >= 11 is 0. The molecule has 0 bridgehead atoms. The summed E-state index contributed by atoms with van der Waals surface area (Å²) in [5.74, 6) is 0.193. The predicted octanol–water partition coefficient (Wildman–Crippen LogP) is 4.56. The van der Waals surface area contributed by atoms with Crippen molar-refractivity contribution in [3.63, 3.8) is 0 Å². The number of likely N-dealkylation sites (tertiary alicyclic amines) is 1. The average Bonchev–Trinajstić information content (AvgIpc) is 3.04. The number of hydrogen-bond acceptors (Lipinski definition) is 2. The Kier molecular flexibility index (Phi) is 5.33. The molecule has 1 atom stereocenters. The smallest absolute Gasteiger partial charge is 0.227 e. The Hall–Kier alpha value is -2.88. The maximum atomic E-state index is 13.1. The second kappa shape index (κ2) is 8.21. The lowest BCUT2D eigenvalue weighted by molar-refractivity contribution is -0.132. The Balaban J connectivity index is 1.51. The maximum absolute atomic E-state index is 13.1. The van der Waals surface area contributed by atoms with E-state index in [-0.39, 0.29) is 11.9 Å². The van der Waals surface area contributed by atoms with Crippen LogP contribution >= 0.6 is 0 Å². The highest BCUT2D eigenvalue weighted by Gasteiger charge is 2.26. The number of para-hydroxylation sites is 1. The van der Waals surface area contributed by atoms with E-state index in [1.165, 1.54) is 18.4 Å². The highest BCUT2D eigenvalue weighted by atomic mass is 16.2. The van der Waals surface area contributed by atoms with Crippen LogP contribution in [0.15, 0.2) is 73.1 Å². The van der Waals surface area contributed by atoms with E-state index in [0.717, 1.165) is 30.6 Å². The summed E-state index contributed by atoms with van der Waals surface area (Å²) in [7, 11) is 0. The Labute approximate surface area is 160 Å². The lowest BCUT2D eigenvalue weighted by atomic mass is 10.0. The number of carbonyl (C=O) groups is 1. The quantitative estimate of drug-likeness (QED) is 0.685. The van der Waals surface area contributed by atoms with Crippen LogP contribution in [0.5, 0.6) is 0 Å². The molecule has 1 unspecified atom stereocenters. The molecule has 1 fully saturated rings. The van der Waals surface area contributed by atoms with E-state index in [0.29, 0.717) is 6.42 Å². The van der Waals surface area contributed by atoms with Crippen LogP contribution in [0.4, 0.5) is 0 Å². The van der Waals surface area contributed by atoms with Gasteiger partial charge < -0.3 is 4.90 Å². The monoisotopic (exact) mass is 359 g/mol. The number of amides is 1. The van der Waals surface area contributed by atoms with Crippen molar-refractivity contribution < 1.29 is 4.79 Å². The Morgan fingerprint density at radius 2 is 1.70 bits per heavy atom. The molecule has 0 N–H and O–H groups in total. The van der Waals surface area contributed by atoms with Crippen LogP contribution in [-0.4, -0.2) is 27.1 Å². The molecule has 27 heavy (non-hydrogen) atoms. The van der Waals surface area contributed by atoms with Crippen molar-refractivity contribution in [2.24, 2.45) is 0 Å². The highest BCUT2D eigenvalue weighted by Crippen LogP contribution is 2.30. The molecule has 1 aliphatic rings. The molecule has 3 aromatic rings. The third-order valence-corrected chi connectivity index (χ3v) is 5.27. The predicted molar refractivity (Wildman–Crippen MR) is 107 cm³/mol. The third kappa shape index (κ3) is 4.11. The molecule has 0 spiro atoms. The maximum Gasteiger partial charge on any atom is 0.227 e. The van der Waals surface area contributed by atoms with Gasteiger partial charge in [0.15, 0.2) is 0 Å². The average molecular weight is 359 g/mol. The molecule has 4 rings (SSSR count). The van der Waals surface area contributed by atoms with Crippen LogP contribution < -0.4 is 0 Å². The summed E-state index contributed by atoms with van der Waals surface area (Å²) in [6.45, 7) is 0.839. The molecule has 138 valence electrons. The van der Waals surface area contributed by atoms with E-state index in [9.17, 15) is 4.79 Å². The molecular weight excluding hydrogens is 334 g/mol. The molecule has 1 aromatic heterocycles. The van der Waals surface area contributed by atoms with Gasteiger partial charge in [0.2, 0.25) is 5.91 Å². The topological polar surface area (TPSA) is 38.1 Å². The van der Waals surface area contributed by atoms with Crippen molar-refractivity contribution in [1.82, 2.24) is 14.7 Å². The molecule has 4 heteroatoms. The minimum Gasteiger partial charge on any atom is -0.335 e. The largest absolute Gasteiger partial charge is 0.335 e. The number of benzene rings is 2. The van der Waals surface area contributed by atoms with Gasteiger partial charge in [-0.2, -0.15) is 5.10 Å². The second-order valence-corrected chi connectivity index (χ2v) is 7.17. The van der Waals surface area contributed by atoms with E-state index in [1.807, 2.05) is 47.3 Å². The molecule has 1 amide bonds. The first-order valence-electron chi connectivity index (χ1n) is 9.74. The van der Waals surface area contributed by atoms with Crippen molar-refractivity contribution in [3.8, 4) is 5.69 Å².